The fourth-order valence-corrected chi connectivity index (χ4v) is 4.36. The zero-order valence-electron chi connectivity index (χ0n) is 19.8. The van der Waals surface area contributed by atoms with Crippen molar-refractivity contribution in [2.24, 2.45) is 0 Å². The number of aromatic nitrogens is 2. The molecule has 0 spiro atoms. The van der Waals surface area contributed by atoms with Crippen LogP contribution in [0.4, 0.5) is 5.13 Å². The fourth-order valence-electron chi connectivity index (χ4n) is 2.92. The number of aryl methyl sites for hydroxylation is 1. The Bertz CT molecular complexity index is 1410. The van der Waals surface area contributed by atoms with E-state index >= 15 is 0 Å². The van der Waals surface area contributed by atoms with E-state index in [1.807, 2.05) is 37.3 Å². The van der Waals surface area contributed by atoms with Crippen molar-refractivity contribution in [3.63, 3.8) is 0 Å². The second kappa shape index (κ2) is 12.1. The second-order valence-corrected chi connectivity index (χ2v) is 10.2. The molecule has 0 aliphatic rings. The number of nitriles is 1. The summed E-state index contributed by atoms with van der Waals surface area (Å²) in [6, 6.07) is 14.6. The molecular weight excluding hydrogens is 504 g/mol. The van der Waals surface area contributed by atoms with Gasteiger partial charge in [-0.3, -0.25) is 10.1 Å². The standard InChI is InChI=1S/C24H24N4O6S2/c1-16-6-4-7-19(12-16)33-10-5-11-34-20-9-8-17(14-21(20)32-2)13-18(15-25)22(29)26-23-27-24(28-35-23)36(3,30)31/h4,6-9,12-14H,5,10-11H2,1-3H3,(H,26,27,28,29)/b18-13-. The molecule has 12 heteroatoms. The minimum atomic E-state index is -3.60. The van der Waals surface area contributed by atoms with E-state index in [9.17, 15) is 18.5 Å². The van der Waals surface area contributed by atoms with Crippen LogP contribution in [0.15, 0.2) is 53.2 Å². The van der Waals surface area contributed by atoms with Crippen molar-refractivity contribution in [3.8, 4) is 23.3 Å². The molecule has 0 atom stereocenters. The van der Waals surface area contributed by atoms with Gasteiger partial charge >= 0.3 is 0 Å². The van der Waals surface area contributed by atoms with E-state index in [4.69, 9.17) is 14.2 Å². The highest BCUT2D eigenvalue weighted by atomic mass is 32.2. The first-order valence-electron chi connectivity index (χ1n) is 10.7. The third kappa shape index (κ3) is 7.53. The van der Waals surface area contributed by atoms with Crippen LogP contribution in [0, 0.1) is 18.3 Å². The predicted octanol–water partition coefficient (Wildman–Crippen LogP) is 3.65. The number of nitrogens with zero attached hydrogens (tertiary/aromatic N) is 3. The number of hydrogen-bond donors (Lipinski definition) is 1. The average molecular weight is 529 g/mol. The molecule has 0 fully saturated rings. The van der Waals surface area contributed by atoms with Crippen molar-refractivity contribution in [3.05, 3.63) is 59.2 Å². The summed E-state index contributed by atoms with van der Waals surface area (Å²) < 4.78 is 43.6. The molecule has 1 amide bonds. The van der Waals surface area contributed by atoms with Crippen LogP contribution in [-0.2, 0) is 14.6 Å². The molecule has 3 aromatic rings. The van der Waals surface area contributed by atoms with Crippen LogP contribution in [0.2, 0.25) is 0 Å². The lowest BCUT2D eigenvalue weighted by molar-refractivity contribution is -0.112. The summed E-state index contributed by atoms with van der Waals surface area (Å²) in [5.41, 5.74) is 1.44. The summed E-state index contributed by atoms with van der Waals surface area (Å²) in [5, 5.41) is 11.4. The van der Waals surface area contributed by atoms with E-state index in [2.05, 4.69) is 14.7 Å². The minimum Gasteiger partial charge on any atom is -0.493 e. The number of methoxy groups -OCH3 is 1. The van der Waals surface area contributed by atoms with E-state index < -0.39 is 20.9 Å². The van der Waals surface area contributed by atoms with E-state index in [1.54, 1.807) is 18.2 Å². The molecule has 2 aromatic carbocycles. The van der Waals surface area contributed by atoms with Crippen molar-refractivity contribution >= 4 is 38.5 Å². The predicted molar refractivity (Wildman–Crippen MR) is 135 cm³/mol. The summed E-state index contributed by atoms with van der Waals surface area (Å²) in [7, 11) is -2.11. The monoisotopic (exact) mass is 528 g/mol. The van der Waals surface area contributed by atoms with E-state index in [-0.39, 0.29) is 10.7 Å². The van der Waals surface area contributed by atoms with Crippen LogP contribution in [-0.4, -0.2) is 50.3 Å². The molecule has 188 valence electrons. The van der Waals surface area contributed by atoms with Crippen molar-refractivity contribution in [1.29, 1.82) is 5.26 Å². The van der Waals surface area contributed by atoms with Gasteiger partial charge in [0.25, 0.3) is 11.1 Å². The van der Waals surface area contributed by atoms with Gasteiger partial charge < -0.3 is 14.2 Å². The zero-order chi connectivity index (χ0) is 26.1. The molecule has 36 heavy (non-hydrogen) atoms. The third-order valence-corrected chi connectivity index (χ3v) is 6.22. The number of benzene rings is 2. The van der Waals surface area contributed by atoms with Gasteiger partial charge in [-0.05, 0) is 48.4 Å². The Morgan fingerprint density at radius 2 is 1.94 bits per heavy atom. The normalized spacial score (nSPS) is 11.4. The van der Waals surface area contributed by atoms with Gasteiger partial charge in [-0.2, -0.15) is 14.6 Å². The lowest BCUT2D eigenvalue weighted by atomic mass is 10.1. The maximum Gasteiger partial charge on any atom is 0.268 e. The molecule has 0 bridgehead atoms. The van der Waals surface area contributed by atoms with Gasteiger partial charge in [-0.1, -0.05) is 18.2 Å². The first-order chi connectivity index (χ1) is 17.2. The minimum absolute atomic E-state index is 0.0331. The number of nitrogens with one attached hydrogen (secondary N) is 1. The molecule has 0 aliphatic carbocycles. The number of sulfone groups is 1. The second-order valence-electron chi connectivity index (χ2n) is 7.56. The first-order valence-corrected chi connectivity index (χ1v) is 13.3. The van der Waals surface area contributed by atoms with Gasteiger partial charge in [0.15, 0.2) is 11.5 Å². The fraction of sp³-hybridized carbons (Fsp3) is 0.250. The van der Waals surface area contributed by atoms with Gasteiger partial charge in [-0.25, -0.2) is 8.42 Å². The molecule has 10 nitrogen and oxygen atoms in total. The SMILES string of the molecule is COc1cc(/C=C(/C#N)C(=O)Nc2nc(S(C)(=O)=O)ns2)ccc1OCCCOc1cccc(C)c1. The van der Waals surface area contributed by atoms with Crippen molar-refractivity contribution in [1.82, 2.24) is 9.36 Å². The van der Waals surface area contributed by atoms with E-state index in [1.165, 1.54) is 13.2 Å². The van der Waals surface area contributed by atoms with Crippen molar-refractivity contribution < 1.29 is 27.4 Å². The summed E-state index contributed by atoms with van der Waals surface area (Å²) >= 11 is 0.703. The lowest BCUT2D eigenvalue weighted by Gasteiger charge is -2.12. The maximum atomic E-state index is 12.5. The number of carbonyl (C=O) groups is 1. The highest BCUT2D eigenvalue weighted by molar-refractivity contribution is 7.90. The Morgan fingerprint density at radius 1 is 1.17 bits per heavy atom. The quantitative estimate of drug-likeness (QED) is 0.224. The zero-order valence-corrected chi connectivity index (χ0v) is 21.5. The molecule has 0 radical (unpaired) electrons. The van der Waals surface area contributed by atoms with Crippen LogP contribution < -0.4 is 19.5 Å². The van der Waals surface area contributed by atoms with Gasteiger partial charge in [0.05, 0.1) is 20.3 Å². The Balaban J connectivity index is 1.60. The Hall–Kier alpha value is -3.95. The van der Waals surface area contributed by atoms with Crippen LogP contribution in [0.25, 0.3) is 6.08 Å². The number of anilines is 1. The summed E-state index contributed by atoms with van der Waals surface area (Å²) in [4.78, 5) is 16.2. The highest BCUT2D eigenvalue weighted by Gasteiger charge is 2.17. The van der Waals surface area contributed by atoms with E-state index in [0.29, 0.717) is 48.2 Å². The molecule has 0 saturated carbocycles. The van der Waals surface area contributed by atoms with Crippen LogP contribution in [0.3, 0.4) is 0 Å². The molecule has 0 saturated heterocycles. The largest absolute Gasteiger partial charge is 0.493 e. The highest BCUT2D eigenvalue weighted by Crippen LogP contribution is 2.29. The lowest BCUT2D eigenvalue weighted by Crippen LogP contribution is -2.13. The summed E-state index contributed by atoms with van der Waals surface area (Å²) in [6.07, 6.45) is 2.99. The molecule has 1 heterocycles. The number of rotatable bonds is 11. The average Bonchev–Trinajstić information content (AvgIpc) is 3.32. The topological polar surface area (TPSA) is 140 Å². The van der Waals surface area contributed by atoms with Crippen molar-refractivity contribution in [2.75, 3.05) is 31.9 Å². The maximum absolute atomic E-state index is 12.5. The van der Waals surface area contributed by atoms with Gasteiger partial charge in [-0.15, -0.1) is 0 Å². The number of hydrogen-bond acceptors (Lipinski definition) is 10. The van der Waals surface area contributed by atoms with E-state index in [0.717, 1.165) is 17.6 Å². The molecule has 1 aromatic heterocycles. The Labute approximate surface area is 213 Å². The molecule has 0 aliphatic heterocycles. The first kappa shape index (κ1) is 26.7. The molecular formula is C24H24N4O6S2. The number of carbonyl (C=O) groups excluding carboxylic acids is 1. The molecule has 1 N–H and O–H groups in total. The van der Waals surface area contributed by atoms with Gasteiger partial charge in [0.1, 0.15) is 17.4 Å². The smallest absolute Gasteiger partial charge is 0.268 e. The van der Waals surface area contributed by atoms with Gasteiger partial charge in [0, 0.05) is 24.2 Å². The Morgan fingerprint density at radius 3 is 2.61 bits per heavy atom. The van der Waals surface area contributed by atoms with Gasteiger partial charge in [0.2, 0.25) is 15.0 Å². The summed E-state index contributed by atoms with van der Waals surface area (Å²) in [5.74, 6) is 1.00. The number of amides is 1. The number of ether oxygens (including phenoxy) is 3. The third-order valence-electron chi connectivity index (χ3n) is 4.63. The van der Waals surface area contributed by atoms with Crippen LogP contribution >= 0.6 is 11.5 Å². The van der Waals surface area contributed by atoms with Crippen LogP contribution in [0.1, 0.15) is 17.5 Å². The van der Waals surface area contributed by atoms with Crippen LogP contribution in [0.5, 0.6) is 17.2 Å². The molecule has 3 rings (SSSR count). The van der Waals surface area contributed by atoms with Crippen molar-refractivity contribution in [2.45, 2.75) is 18.5 Å². The molecule has 0 unspecified atom stereocenters. The Kier molecular flexibility index (Phi) is 8.99. The summed E-state index contributed by atoms with van der Waals surface area (Å²) in [6.45, 7) is 2.90.